The first-order valence-corrected chi connectivity index (χ1v) is 8.93. The molecule has 0 radical (unpaired) electrons. The molecule has 2 atom stereocenters. The Bertz CT molecular complexity index is 793. The molecule has 0 saturated carbocycles. The van der Waals surface area contributed by atoms with E-state index in [1.807, 2.05) is 12.1 Å². The van der Waals surface area contributed by atoms with E-state index < -0.39 is 11.9 Å². The molecule has 0 aliphatic rings. The van der Waals surface area contributed by atoms with Crippen molar-refractivity contribution in [3.63, 3.8) is 0 Å². The predicted molar refractivity (Wildman–Crippen MR) is 104 cm³/mol. The number of benzene rings is 2. The summed E-state index contributed by atoms with van der Waals surface area (Å²) < 4.78 is 18.4. The zero-order valence-electron chi connectivity index (χ0n) is 16.2. The quantitative estimate of drug-likeness (QED) is 0.726. The molecule has 2 aromatic rings. The minimum Gasteiger partial charge on any atom is -0.497 e. The summed E-state index contributed by atoms with van der Waals surface area (Å²) in [6.45, 7) is 1.64. The van der Waals surface area contributed by atoms with Gasteiger partial charge in [0.15, 0.2) is 0 Å². The number of hydrogen-bond donors (Lipinski definition) is 2. The van der Waals surface area contributed by atoms with Gasteiger partial charge in [0.1, 0.15) is 11.6 Å². The second-order valence-electron chi connectivity index (χ2n) is 6.73. The monoisotopic (exact) mass is 388 g/mol. The van der Waals surface area contributed by atoms with E-state index in [0.717, 1.165) is 11.1 Å². The number of halogens is 1. The fourth-order valence-electron chi connectivity index (χ4n) is 2.78. The van der Waals surface area contributed by atoms with Crippen molar-refractivity contribution in [2.24, 2.45) is 5.92 Å². The average Bonchev–Trinajstić information content (AvgIpc) is 2.68. The fraction of sp³-hybridized carbons (Fsp3) is 0.333. The minimum atomic E-state index is -0.960. The zero-order chi connectivity index (χ0) is 20.7. The third-order valence-corrected chi connectivity index (χ3v) is 4.48. The second-order valence-corrected chi connectivity index (χ2v) is 6.73. The average molecular weight is 388 g/mol. The van der Waals surface area contributed by atoms with Crippen molar-refractivity contribution < 1.29 is 23.8 Å². The molecule has 0 heterocycles. The van der Waals surface area contributed by atoms with Gasteiger partial charge in [-0.2, -0.15) is 0 Å². The van der Waals surface area contributed by atoms with Crippen molar-refractivity contribution in [2.75, 3.05) is 20.7 Å². The van der Waals surface area contributed by atoms with Gasteiger partial charge in [-0.25, -0.2) is 9.18 Å². The number of nitrogens with zero attached hydrogens (tertiary/aromatic N) is 1. The molecule has 0 spiro atoms. The van der Waals surface area contributed by atoms with Crippen LogP contribution in [0.4, 0.5) is 9.18 Å². The number of rotatable bonds is 8. The molecule has 0 bridgehead atoms. The van der Waals surface area contributed by atoms with Crippen molar-refractivity contribution in [1.82, 2.24) is 10.2 Å². The number of carbonyl (C=O) groups is 2. The minimum absolute atomic E-state index is 0.0903. The van der Waals surface area contributed by atoms with Gasteiger partial charge in [0, 0.05) is 13.6 Å². The van der Waals surface area contributed by atoms with Crippen LogP contribution in [0.3, 0.4) is 0 Å². The molecule has 0 aliphatic carbocycles. The molecule has 28 heavy (non-hydrogen) atoms. The fourth-order valence-corrected chi connectivity index (χ4v) is 2.78. The molecule has 7 heteroatoms. The number of carboxylic acids is 1. The Labute approximate surface area is 163 Å². The molecule has 0 aliphatic heterocycles. The zero-order valence-corrected chi connectivity index (χ0v) is 16.2. The number of nitrogens with one attached hydrogen (secondary N) is 1. The van der Waals surface area contributed by atoms with Gasteiger partial charge >= 0.3 is 12.0 Å². The molecular formula is C21H25FN2O4. The Morgan fingerprint density at radius 3 is 2.29 bits per heavy atom. The molecule has 2 unspecified atom stereocenters. The van der Waals surface area contributed by atoms with Crippen LogP contribution >= 0.6 is 0 Å². The highest BCUT2D eigenvalue weighted by Gasteiger charge is 2.21. The second kappa shape index (κ2) is 9.73. The van der Waals surface area contributed by atoms with Crippen LogP contribution in [-0.4, -0.2) is 42.7 Å². The number of ether oxygens (including phenoxy) is 1. The third-order valence-electron chi connectivity index (χ3n) is 4.48. The Morgan fingerprint density at radius 2 is 1.75 bits per heavy atom. The number of carbonyl (C=O) groups excluding carboxylic acids is 1. The van der Waals surface area contributed by atoms with Gasteiger partial charge in [-0.15, -0.1) is 0 Å². The van der Waals surface area contributed by atoms with Gasteiger partial charge in [-0.1, -0.05) is 31.2 Å². The van der Waals surface area contributed by atoms with Crippen LogP contribution in [0.25, 0.3) is 0 Å². The molecule has 2 N–H and O–H groups in total. The highest BCUT2D eigenvalue weighted by atomic mass is 19.1. The third kappa shape index (κ3) is 5.97. The highest BCUT2D eigenvalue weighted by Crippen LogP contribution is 2.22. The van der Waals surface area contributed by atoms with Crippen molar-refractivity contribution in [3.05, 3.63) is 65.5 Å². The van der Waals surface area contributed by atoms with Crippen LogP contribution in [0.5, 0.6) is 5.75 Å². The lowest BCUT2D eigenvalue weighted by molar-refractivity contribution is -0.141. The first-order valence-electron chi connectivity index (χ1n) is 8.93. The topological polar surface area (TPSA) is 78.9 Å². The van der Waals surface area contributed by atoms with E-state index in [1.54, 1.807) is 45.3 Å². The van der Waals surface area contributed by atoms with Gasteiger partial charge in [0.2, 0.25) is 0 Å². The highest BCUT2D eigenvalue weighted by molar-refractivity contribution is 5.76. The van der Waals surface area contributed by atoms with Crippen LogP contribution in [0, 0.1) is 11.7 Å². The van der Waals surface area contributed by atoms with Gasteiger partial charge in [-0.3, -0.25) is 4.79 Å². The molecular weight excluding hydrogens is 363 g/mol. The summed E-state index contributed by atoms with van der Waals surface area (Å²) in [6.07, 6.45) is 0.459. The molecule has 0 fully saturated rings. The number of aliphatic carboxylic acids is 1. The van der Waals surface area contributed by atoms with E-state index in [0.29, 0.717) is 12.2 Å². The summed E-state index contributed by atoms with van der Waals surface area (Å²) in [7, 11) is 3.13. The van der Waals surface area contributed by atoms with Crippen LogP contribution in [0.15, 0.2) is 48.5 Å². The molecule has 0 aromatic heterocycles. The van der Waals surface area contributed by atoms with Crippen LogP contribution in [-0.2, 0) is 11.2 Å². The van der Waals surface area contributed by atoms with E-state index in [9.17, 15) is 14.0 Å². The van der Waals surface area contributed by atoms with E-state index in [-0.39, 0.29) is 24.4 Å². The van der Waals surface area contributed by atoms with Gasteiger partial charge in [0.05, 0.1) is 19.1 Å². The van der Waals surface area contributed by atoms with E-state index in [4.69, 9.17) is 9.84 Å². The summed E-state index contributed by atoms with van der Waals surface area (Å²) in [4.78, 5) is 25.0. The number of hydrogen-bond acceptors (Lipinski definition) is 3. The molecule has 150 valence electrons. The Kier molecular flexibility index (Phi) is 7.37. The molecule has 2 aromatic carbocycles. The maximum Gasteiger partial charge on any atom is 0.317 e. The standard InChI is InChI=1S/C21H25FN2O4/c1-14(20(25)26)13-24(2)21(27)23-19(12-15-4-8-17(22)9-5-15)16-6-10-18(28-3)11-7-16/h4-11,14,19H,12-13H2,1-3H3,(H,23,27)(H,25,26). The first kappa shape index (κ1) is 21.2. The number of carboxylic acid groups (broad SMARTS) is 1. The number of amides is 2. The summed E-state index contributed by atoms with van der Waals surface area (Å²) in [5.41, 5.74) is 1.72. The van der Waals surface area contributed by atoms with Gasteiger partial charge < -0.3 is 20.1 Å². The van der Waals surface area contributed by atoms with Crippen molar-refractivity contribution in [2.45, 2.75) is 19.4 Å². The van der Waals surface area contributed by atoms with Gasteiger partial charge in [0.25, 0.3) is 0 Å². The van der Waals surface area contributed by atoms with Gasteiger partial charge in [-0.05, 0) is 41.8 Å². The lowest BCUT2D eigenvalue weighted by Crippen LogP contribution is -2.42. The van der Waals surface area contributed by atoms with Crippen LogP contribution < -0.4 is 10.1 Å². The Hall–Kier alpha value is -3.09. The Balaban J connectivity index is 2.17. The van der Waals surface area contributed by atoms with E-state index in [1.165, 1.54) is 17.0 Å². The number of urea groups is 1. The maximum absolute atomic E-state index is 13.2. The SMILES string of the molecule is COc1ccc(C(Cc2ccc(F)cc2)NC(=O)N(C)CC(C)C(=O)O)cc1. The number of methoxy groups -OCH3 is 1. The largest absolute Gasteiger partial charge is 0.497 e. The summed E-state index contributed by atoms with van der Waals surface area (Å²) in [5, 5.41) is 12.0. The summed E-state index contributed by atoms with van der Waals surface area (Å²) in [6, 6.07) is 12.7. The maximum atomic E-state index is 13.2. The lowest BCUT2D eigenvalue weighted by atomic mass is 9.98. The molecule has 2 rings (SSSR count). The molecule has 6 nitrogen and oxygen atoms in total. The van der Waals surface area contributed by atoms with Crippen molar-refractivity contribution in [3.8, 4) is 5.75 Å². The summed E-state index contributed by atoms with van der Waals surface area (Å²) in [5.74, 6) is -1.26. The van der Waals surface area contributed by atoms with Crippen molar-refractivity contribution >= 4 is 12.0 Å². The predicted octanol–water partition coefficient (Wildman–Crippen LogP) is 3.48. The van der Waals surface area contributed by atoms with Crippen molar-refractivity contribution in [1.29, 1.82) is 0 Å². The lowest BCUT2D eigenvalue weighted by Gasteiger charge is -2.25. The van der Waals surface area contributed by atoms with Crippen LogP contribution in [0.2, 0.25) is 0 Å². The first-order chi connectivity index (χ1) is 13.3. The molecule has 0 saturated heterocycles. The normalized spacial score (nSPS) is 12.7. The summed E-state index contributed by atoms with van der Waals surface area (Å²) >= 11 is 0. The van der Waals surface area contributed by atoms with Crippen LogP contribution in [0.1, 0.15) is 24.1 Å². The smallest absolute Gasteiger partial charge is 0.317 e. The Morgan fingerprint density at radius 1 is 1.14 bits per heavy atom. The van der Waals surface area contributed by atoms with E-state index >= 15 is 0 Å². The van der Waals surface area contributed by atoms with E-state index in [2.05, 4.69) is 5.32 Å². The molecule has 2 amide bonds.